The number of thiazole rings is 1. The number of aliphatic hydroxyl groups is 1. The second-order valence-corrected chi connectivity index (χ2v) is 5.52. The molecule has 1 unspecified atom stereocenters. The molecule has 0 fully saturated rings. The van der Waals surface area contributed by atoms with Gasteiger partial charge >= 0.3 is 0 Å². The molecule has 1 atom stereocenters. The summed E-state index contributed by atoms with van der Waals surface area (Å²) >= 11 is 7.20. The third kappa shape index (κ3) is 2.49. The third-order valence-electron chi connectivity index (χ3n) is 2.87. The monoisotopic (exact) mass is 296 g/mol. The molecule has 2 heterocycles. The number of imidazole rings is 1. The van der Waals surface area contributed by atoms with Crippen LogP contribution in [0.1, 0.15) is 17.4 Å². The first-order valence-corrected chi connectivity index (χ1v) is 6.93. The highest BCUT2D eigenvalue weighted by atomic mass is 35.5. The van der Waals surface area contributed by atoms with E-state index in [0.29, 0.717) is 5.02 Å². The van der Waals surface area contributed by atoms with Crippen LogP contribution in [0.5, 0.6) is 0 Å². The molecule has 6 heteroatoms. The molecule has 0 aliphatic rings. The molecule has 98 valence electrons. The van der Waals surface area contributed by atoms with Crippen molar-refractivity contribution in [3.05, 3.63) is 58.1 Å². The molecule has 0 spiro atoms. The number of benzene rings is 1. The molecule has 0 aliphatic carbocycles. The van der Waals surface area contributed by atoms with Crippen LogP contribution in [0.4, 0.5) is 4.39 Å². The van der Waals surface area contributed by atoms with Gasteiger partial charge in [-0.25, -0.2) is 9.37 Å². The highest BCUT2D eigenvalue weighted by molar-refractivity contribution is 7.15. The highest BCUT2D eigenvalue weighted by Gasteiger charge is 2.15. The Morgan fingerprint density at radius 2 is 2.32 bits per heavy atom. The zero-order chi connectivity index (χ0) is 13.4. The summed E-state index contributed by atoms with van der Waals surface area (Å²) in [4.78, 5) is 5.22. The first-order chi connectivity index (χ1) is 9.13. The maximum atomic E-state index is 13.7. The van der Waals surface area contributed by atoms with Crippen molar-refractivity contribution in [2.75, 3.05) is 0 Å². The maximum absolute atomic E-state index is 13.7. The number of nitrogens with zero attached hydrogens (tertiary/aromatic N) is 2. The lowest BCUT2D eigenvalue weighted by atomic mass is 10.0. The number of fused-ring (bicyclic) bond motifs is 1. The summed E-state index contributed by atoms with van der Waals surface area (Å²) in [5.41, 5.74) is 0.967. The van der Waals surface area contributed by atoms with Crippen LogP contribution < -0.4 is 0 Å². The van der Waals surface area contributed by atoms with E-state index < -0.39 is 11.9 Å². The summed E-state index contributed by atoms with van der Waals surface area (Å²) < 4.78 is 15.6. The molecule has 1 aromatic carbocycles. The number of aliphatic hydroxyl groups excluding tert-OH is 1. The number of hydrogen-bond donors (Lipinski definition) is 1. The average Bonchev–Trinajstić information content (AvgIpc) is 2.89. The molecule has 3 nitrogen and oxygen atoms in total. The van der Waals surface area contributed by atoms with E-state index in [0.717, 1.165) is 10.7 Å². The van der Waals surface area contributed by atoms with Gasteiger partial charge in [-0.3, -0.25) is 4.40 Å². The van der Waals surface area contributed by atoms with Gasteiger partial charge in [-0.15, -0.1) is 11.3 Å². The molecule has 1 N–H and O–H groups in total. The highest BCUT2D eigenvalue weighted by Crippen LogP contribution is 2.24. The molecule has 19 heavy (non-hydrogen) atoms. The van der Waals surface area contributed by atoms with E-state index >= 15 is 0 Å². The van der Waals surface area contributed by atoms with Crippen LogP contribution in [0.25, 0.3) is 4.96 Å². The molecule has 0 radical (unpaired) electrons. The zero-order valence-electron chi connectivity index (χ0n) is 9.75. The molecular weight excluding hydrogens is 287 g/mol. The Labute approximate surface area is 117 Å². The molecule has 3 aromatic rings. The summed E-state index contributed by atoms with van der Waals surface area (Å²) in [6, 6.07) is 4.27. The quantitative estimate of drug-likeness (QED) is 0.803. The fourth-order valence-corrected chi connectivity index (χ4v) is 2.83. The average molecular weight is 297 g/mol. The Kier molecular flexibility index (Phi) is 3.26. The Bertz CT molecular complexity index is 696. The van der Waals surface area contributed by atoms with Crippen LogP contribution in [-0.2, 0) is 6.42 Å². The fourth-order valence-electron chi connectivity index (χ4n) is 1.95. The van der Waals surface area contributed by atoms with E-state index in [1.807, 2.05) is 22.2 Å². The van der Waals surface area contributed by atoms with Gasteiger partial charge in [0.2, 0.25) is 0 Å². The van der Waals surface area contributed by atoms with Gasteiger partial charge in [-0.05, 0) is 12.1 Å². The molecule has 0 bridgehead atoms. The Hall–Kier alpha value is -1.43. The van der Waals surface area contributed by atoms with Crippen LogP contribution in [0.3, 0.4) is 0 Å². The van der Waals surface area contributed by atoms with Crippen molar-refractivity contribution < 1.29 is 9.50 Å². The van der Waals surface area contributed by atoms with Gasteiger partial charge in [-0.2, -0.15) is 0 Å². The van der Waals surface area contributed by atoms with Crippen molar-refractivity contribution in [3.63, 3.8) is 0 Å². The predicted octanol–water partition coefficient (Wildman–Crippen LogP) is 3.46. The molecule has 0 saturated heterocycles. The maximum Gasteiger partial charge on any atom is 0.193 e. The molecular formula is C13H10ClFN2OS. The van der Waals surface area contributed by atoms with Crippen LogP contribution in [0.2, 0.25) is 5.02 Å². The summed E-state index contributed by atoms with van der Waals surface area (Å²) in [5.74, 6) is -0.499. The molecule has 0 aliphatic heterocycles. The first kappa shape index (κ1) is 12.6. The minimum absolute atomic E-state index is 0.237. The second kappa shape index (κ2) is 4.92. The van der Waals surface area contributed by atoms with E-state index in [1.165, 1.54) is 23.5 Å². The van der Waals surface area contributed by atoms with Gasteiger partial charge in [-0.1, -0.05) is 17.7 Å². The molecule has 0 amide bonds. The normalized spacial score (nSPS) is 13.0. The van der Waals surface area contributed by atoms with Crippen molar-refractivity contribution in [1.29, 1.82) is 0 Å². The molecule has 2 aromatic heterocycles. The van der Waals surface area contributed by atoms with E-state index in [1.54, 1.807) is 6.07 Å². The number of hydrogen-bond acceptors (Lipinski definition) is 3. The minimum atomic E-state index is -0.929. The van der Waals surface area contributed by atoms with Crippen LogP contribution in [0.15, 0.2) is 36.0 Å². The Morgan fingerprint density at radius 1 is 1.47 bits per heavy atom. The van der Waals surface area contributed by atoms with Crippen molar-refractivity contribution >= 4 is 27.9 Å². The van der Waals surface area contributed by atoms with Gasteiger partial charge < -0.3 is 5.11 Å². The zero-order valence-corrected chi connectivity index (χ0v) is 11.3. The van der Waals surface area contributed by atoms with Gasteiger partial charge in [0, 0.05) is 34.8 Å². The van der Waals surface area contributed by atoms with Crippen molar-refractivity contribution in [3.8, 4) is 0 Å². The topological polar surface area (TPSA) is 37.5 Å². The lowest BCUT2D eigenvalue weighted by Crippen LogP contribution is -2.04. The first-order valence-electron chi connectivity index (χ1n) is 5.67. The number of aromatic nitrogens is 2. The summed E-state index contributed by atoms with van der Waals surface area (Å²) in [6.45, 7) is 0. The van der Waals surface area contributed by atoms with Crippen molar-refractivity contribution in [2.24, 2.45) is 0 Å². The summed E-state index contributed by atoms with van der Waals surface area (Å²) in [6.07, 6.45) is 3.07. The van der Waals surface area contributed by atoms with Crippen molar-refractivity contribution in [2.45, 2.75) is 12.5 Å². The lowest BCUT2D eigenvalue weighted by molar-refractivity contribution is 0.172. The minimum Gasteiger partial charge on any atom is -0.388 e. The summed E-state index contributed by atoms with van der Waals surface area (Å²) in [7, 11) is 0. The van der Waals surface area contributed by atoms with E-state index in [-0.39, 0.29) is 12.0 Å². The van der Waals surface area contributed by atoms with Crippen molar-refractivity contribution in [1.82, 2.24) is 9.38 Å². The van der Waals surface area contributed by atoms with E-state index in [2.05, 4.69) is 4.98 Å². The smallest absolute Gasteiger partial charge is 0.193 e. The third-order valence-corrected chi connectivity index (χ3v) is 3.87. The SMILES string of the molecule is OC(Cc1cn2ccsc2n1)c1ccc(Cl)cc1F. The fraction of sp³-hybridized carbons (Fsp3) is 0.154. The van der Waals surface area contributed by atoms with Gasteiger partial charge in [0.15, 0.2) is 4.96 Å². The molecule has 0 saturated carbocycles. The van der Waals surface area contributed by atoms with Gasteiger partial charge in [0.25, 0.3) is 0 Å². The van der Waals surface area contributed by atoms with E-state index in [4.69, 9.17) is 11.6 Å². The summed E-state index contributed by atoms with van der Waals surface area (Å²) in [5, 5.41) is 12.3. The Morgan fingerprint density at radius 3 is 3.05 bits per heavy atom. The van der Waals surface area contributed by atoms with Crippen LogP contribution in [-0.4, -0.2) is 14.5 Å². The molecule has 3 rings (SSSR count). The van der Waals surface area contributed by atoms with E-state index in [9.17, 15) is 9.50 Å². The number of halogens is 2. The van der Waals surface area contributed by atoms with Crippen LogP contribution >= 0.6 is 22.9 Å². The predicted molar refractivity (Wildman–Crippen MR) is 73.1 cm³/mol. The standard InChI is InChI=1S/C13H10ClFN2OS/c14-8-1-2-10(11(15)5-8)12(18)6-9-7-17-3-4-19-13(17)16-9/h1-5,7,12,18H,6H2. The second-order valence-electron chi connectivity index (χ2n) is 4.21. The van der Waals surface area contributed by atoms with Gasteiger partial charge in [0.05, 0.1) is 11.8 Å². The largest absolute Gasteiger partial charge is 0.388 e. The number of rotatable bonds is 3. The van der Waals surface area contributed by atoms with Gasteiger partial charge in [0.1, 0.15) is 5.82 Å². The van der Waals surface area contributed by atoms with Crippen LogP contribution in [0, 0.1) is 5.82 Å². The Balaban J connectivity index is 1.84. The lowest BCUT2D eigenvalue weighted by Gasteiger charge is -2.10.